The van der Waals surface area contributed by atoms with Crippen LogP contribution >= 0.6 is 7.82 Å². The van der Waals surface area contributed by atoms with E-state index in [1.807, 2.05) is 12.1 Å². The van der Waals surface area contributed by atoms with Crippen molar-refractivity contribution in [2.45, 2.75) is 148 Å². The predicted octanol–water partition coefficient (Wildman–Crippen LogP) is 7.71. The first-order valence-electron chi connectivity index (χ1n) is 15.0. The van der Waals surface area contributed by atoms with E-state index < -0.39 is 31.7 Å². The van der Waals surface area contributed by atoms with Crippen LogP contribution in [-0.2, 0) is 22.9 Å². The van der Waals surface area contributed by atoms with E-state index in [-0.39, 0.29) is 32.7 Å². The molecule has 0 aliphatic heterocycles. The van der Waals surface area contributed by atoms with Crippen LogP contribution in [0.5, 0.6) is 0 Å². The highest BCUT2D eigenvalue weighted by atomic mass is 31.2. The van der Waals surface area contributed by atoms with Crippen LogP contribution in [0, 0.1) is 22.7 Å². The second-order valence-electron chi connectivity index (χ2n) is 11.1. The third-order valence-electron chi connectivity index (χ3n) is 6.11. The number of carbonyl (C=O) groups is 1. The van der Waals surface area contributed by atoms with Crippen molar-refractivity contribution in [1.29, 1.82) is 10.5 Å². The van der Waals surface area contributed by atoms with Gasteiger partial charge in [-0.25, -0.2) is 9.36 Å². The molecule has 0 spiro atoms. The summed E-state index contributed by atoms with van der Waals surface area (Å²) >= 11 is 0. The van der Waals surface area contributed by atoms with Gasteiger partial charge in [0, 0.05) is 0 Å². The zero-order valence-corrected chi connectivity index (χ0v) is 26.2. The number of ether oxygens (including phenoxy) is 1. The summed E-state index contributed by atoms with van der Waals surface area (Å²) < 4.78 is 34.0. The summed E-state index contributed by atoms with van der Waals surface area (Å²) in [5.41, 5.74) is -0.744. The van der Waals surface area contributed by atoms with Crippen LogP contribution in [0.2, 0.25) is 0 Å². The van der Waals surface area contributed by atoms with Crippen LogP contribution in [0.1, 0.15) is 130 Å². The van der Waals surface area contributed by atoms with Crippen LogP contribution in [-0.4, -0.2) is 48.8 Å². The van der Waals surface area contributed by atoms with Gasteiger partial charge < -0.3 is 15.2 Å². The van der Waals surface area contributed by atoms with Crippen molar-refractivity contribution >= 4 is 13.9 Å². The van der Waals surface area contributed by atoms with E-state index in [0.29, 0.717) is 6.42 Å². The number of carbonyl (C=O) groups excluding carboxylic acids is 1. The minimum atomic E-state index is -4.12. The fourth-order valence-corrected chi connectivity index (χ4v) is 5.17. The SMILES string of the molecule is CCCCCCCCCCCCCCCC(O)C(COP(=O)(OCCC#N)OCCC#N)NC(=O)OC(C)(C)C. The maximum absolute atomic E-state index is 13.0. The highest BCUT2D eigenvalue weighted by Crippen LogP contribution is 2.49. The zero-order chi connectivity index (χ0) is 30.1. The molecule has 0 aromatic carbocycles. The molecule has 2 atom stereocenters. The van der Waals surface area contributed by atoms with E-state index in [0.717, 1.165) is 25.7 Å². The van der Waals surface area contributed by atoms with E-state index in [1.54, 1.807) is 20.8 Å². The number of phosphoric acid groups is 1. The van der Waals surface area contributed by atoms with Crippen LogP contribution < -0.4 is 5.32 Å². The first-order chi connectivity index (χ1) is 19.1. The number of nitrogens with zero attached hydrogens (tertiary/aromatic N) is 2. The molecule has 40 heavy (non-hydrogen) atoms. The molecule has 0 aromatic rings. The lowest BCUT2D eigenvalue weighted by atomic mass is 10.0. The highest BCUT2D eigenvalue weighted by molar-refractivity contribution is 7.48. The average molecular weight is 588 g/mol. The number of hydrogen-bond donors (Lipinski definition) is 2. The Bertz CT molecular complexity index is 753. The Balaban J connectivity index is 4.69. The fraction of sp³-hybridized carbons (Fsp3) is 0.897. The molecule has 0 rings (SSSR count). The third kappa shape index (κ3) is 23.1. The van der Waals surface area contributed by atoms with Crippen LogP contribution in [0.15, 0.2) is 0 Å². The van der Waals surface area contributed by atoms with Crippen LogP contribution in [0.3, 0.4) is 0 Å². The number of rotatable bonds is 25. The van der Waals surface area contributed by atoms with E-state index >= 15 is 0 Å². The van der Waals surface area contributed by atoms with E-state index in [9.17, 15) is 14.5 Å². The first kappa shape index (κ1) is 38.3. The summed E-state index contributed by atoms with van der Waals surface area (Å²) in [5.74, 6) is 0. The van der Waals surface area contributed by atoms with Gasteiger partial charge in [0.1, 0.15) is 5.60 Å². The number of phosphoric ester groups is 1. The molecule has 0 aromatic heterocycles. The van der Waals surface area contributed by atoms with Gasteiger partial charge in [-0.2, -0.15) is 10.5 Å². The molecule has 0 heterocycles. The molecule has 0 fully saturated rings. The molecular weight excluding hydrogens is 533 g/mol. The Kier molecular flexibility index (Phi) is 23.0. The van der Waals surface area contributed by atoms with Gasteiger partial charge >= 0.3 is 13.9 Å². The van der Waals surface area contributed by atoms with Gasteiger partial charge in [0.2, 0.25) is 0 Å². The molecule has 10 nitrogen and oxygen atoms in total. The summed E-state index contributed by atoms with van der Waals surface area (Å²) in [6.07, 6.45) is 14.4. The van der Waals surface area contributed by atoms with E-state index in [2.05, 4.69) is 12.2 Å². The number of alkyl carbamates (subject to hydrolysis) is 1. The molecule has 0 aliphatic rings. The number of aliphatic hydroxyl groups excluding tert-OH is 1. The monoisotopic (exact) mass is 587 g/mol. The Labute approximate surface area is 242 Å². The summed E-state index contributed by atoms with van der Waals surface area (Å²) in [6.45, 7) is 6.67. The topological polar surface area (TPSA) is 151 Å². The molecule has 232 valence electrons. The van der Waals surface area contributed by atoms with Crippen LogP contribution in [0.25, 0.3) is 0 Å². The fourth-order valence-electron chi connectivity index (χ4n) is 3.97. The minimum absolute atomic E-state index is 0.0315. The van der Waals surface area contributed by atoms with Crippen LogP contribution in [0.4, 0.5) is 4.79 Å². The molecule has 11 heteroatoms. The largest absolute Gasteiger partial charge is 0.474 e. The Morgan fingerprint density at radius 3 is 1.70 bits per heavy atom. The van der Waals surface area contributed by atoms with Gasteiger partial charge in [0.25, 0.3) is 0 Å². The lowest BCUT2D eigenvalue weighted by Gasteiger charge is -2.27. The van der Waals surface area contributed by atoms with Crippen molar-refractivity contribution in [2.24, 2.45) is 0 Å². The zero-order valence-electron chi connectivity index (χ0n) is 25.3. The molecule has 0 aliphatic carbocycles. The van der Waals surface area contributed by atoms with Gasteiger partial charge in [0.15, 0.2) is 0 Å². The Morgan fingerprint density at radius 2 is 1.27 bits per heavy atom. The maximum atomic E-state index is 13.0. The van der Waals surface area contributed by atoms with Crippen molar-refractivity contribution in [3.63, 3.8) is 0 Å². The van der Waals surface area contributed by atoms with E-state index in [4.69, 9.17) is 28.8 Å². The Hall–Kier alpha value is -1.68. The minimum Gasteiger partial charge on any atom is -0.444 e. The number of amides is 1. The third-order valence-corrected chi connectivity index (χ3v) is 7.57. The molecule has 1 amide bonds. The average Bonchev–Trinajstić information content (AvgIpc) is 2.88. The quantitative estimate of drug-likeness (QED) is 0.0808. The number of aliphatic hydroxyl groups is 1. The number of unbranched alkanes of at least 4 members (excludes halogenated alkanes) is 12. The summed E-state index contributed by atoms with van der Waals surface area (Å²) in [7, 11) is -4.12. The highest BCUT2D eigenvalue weighted by Gasteiger charge is 2.31. The van der Waals surface area contributed by atoms with Gasteiger partial charge in [-0.15, -0.1) is 0 Å². The molecular formula is C29H54N3O7P. The summed E-state index contributed by atoms with van der Waals surface area (Å²) in [4.78, 5) is 12.4. The molecule has 0 bridgehead atoms. The van der Waals surface area contributed by atoms with E-state index in [1.165, 1.54) is 57.8 Å². The molecule has 0 radical (unpaired) electrons. The molecule has 2 unspecified atom stereocenters. The summed E-state index contributed by atoms with van der Waals surface area (Å²) in [6, 6.07) is 2.82. The van der Waals surface area contributed by atoms with Crippen molar-refractivity contribution < 1.29 is 32.8 Å². The smallest absolute Gasteiger partial charge is 0.444 e. The molecule has 0 saturated heterocycles. The molecule has 0 saturated carbocycles. The predicted molar refractivity (Wildman–Crippen MR) is 155 cm³/mol. The van der Waals surface area contributed by atoms with Crippen molar-refractivity contribution in [1.82, 2.24) is 5.32 Å². The van der Waals surface area contributed by atoms with Gasteiger partial charge in [0.05, 0.1) is 56.9 Å². The second-order valence-corrected chi connectivity index (χ2v) is 12.7. The number of hydrogen-bond acceptors (Lipinski definition) is 9. The van der Waals surface area contributed by atoms with Gasteiger partial charge in [-0.3, -0.25) is 13.6 Å². The van der Waals surface area contributed by atoms with Crippen molar-refractivity contribution in [3.8, 4) is 12.1 Å². The number of nitrogens with one attached hydrogen (secondary N) is 1. The molecule has 2 N–H and O–H groups in total. The number of nitriles is 2. The normalized spacial score (nSPS) is 13.3. The Morgan fingerprint density at radius 1 is 0.825 bits per heavy atom. The summed E-state index contributed by atoms with van der Waals surface area (Å²) in [5, 5.41) is 30.9. The first-order valence-corrected chi connectivity index (χ1v) is 16.5. The van der Waals surface area contributed by atoms with Crippen molar-refractivity contribution in [3.05, 3.63) is 0 Å². The lowest BCUT2D eigenvalue weighted by Crippen LogP contribution is -2.48. The van der Waals surface area contributed by atoms with Gasteiger partial charge in [-0.1, -0.05) is 90.4 Å². The van der Waals surface area contributed by atoms with Gasteiger partial charge in [-0.05, 0) is 27.2 Å². The second kappa shape index (κ2) is 24.0. The standard InChI is InChI=1S/C29H54N3O7P/c1-5-6-7-8-9-10-11-12-13-14-15-16-17-20-27(33)26(32-28(34)39-29(2,3)4)25-38-40(35,36-23-18-21-30)37-24-19-22-31/h26-27,33H,5-20,23-25H2,1-4H3,(H,32,34). The lowest BCUT2D eigenvalue weighted by molar-refractivity contribution is 0.0293. The van der Waals surface area contributed by atoms with Crippen molar-refractivity contribution in [2.75, 3.05) is 19.8 Å². The maximum Gasteiger partial charge on any atom is 0.474 e.